The van der Waals surface area contributed by atoms with Crippen LogP contribution in [-0.2, 0) is 0 Å². The second-order valence-electron chi connectivity index (χ2n) is 9.51. The number of carbonyl (C=O) groups excluding carboxylic acids is 1. The predicted molar refractivity (Wildman–Crippen MR) is 135 cm³/mol. The molecule has 3 N–H and O–H groups in total. The second kappa shape index (κ2) is 9.31. The number of aromatic nitrogens is 1. The van der Waals surface area contributed by atoms with E-state index >= 15 is 4.39 Å². The summed E-state index contributed by atoms with van der Waals surface area (Å²) >= 11 is 0. The zero-order valence-corrected chi connectivity index (χ0v) is 20.0. The molecule has 0 bridgehead atoms. The number of hydrogen-bond acceptors (Lipinski definition) is 6. The molecule has 2 aromatic carbocycles. The van der Waals surface area contributed by atoms with Gasteiger partial charge in [-0.05, 0) is 58.1 Å². The predicted octanol–water partition coefficient (Wildman–Crippen LogP) is 2.84. The van der Waals surface area contributed by atoms with Gasteiger partial charge in [0.05, 0.1) is 11.1 Å². The fourth-order valence-electron chi connectivity index (χ4n) is 4.85. The summed E-state index contributed by atoms with van der Waals surface area (Å²) in [6.45, 7) is 2.47. The van der Waals surface area contributed by atoms with E-state index in [0.717, 1.165) is 25.8 Å². The van der Waals surface area contributed by atoms with Crippen LogP contribution < -0.4 is 26.1 Å². The van der Waals surface area contributed by atoms with Gasteiger partial charge in [-0.25, -0.2) is 4.39 Å². The van der Waals surface area contributed by atoms with Crippen LogP contribution >= 0.6 is 0 Å². The number of carbonyl (C=O) groups is 1. The molecular formula is C26H30FN5O3. The van der Waals surface area contributed by atoms with Crippen molar-refractivity contribution in [2.45, 2.75) is 25.3 Å². The van der Waals surface area contributed by atoms with Gasteiger partial charge in [-0.3, -0.25) is 9.59 Å². The first-order valence-electron chi connectivity index (χ1n) is 12.0. The van der Waals surface area contributed by atoms with Crippen molar-refractivity contribution in [1.82, 2.24) is 14.8 Å². The Morgan fingerprint density at radius 3 is 2.83 bits per heavy atom. The Morgan fingerprint density at radius 1 is 1.29 bits per heavy atom. The van der Waals surface area contributed by atoms with Gasteiger partial charge in [-0.15, -0.1) is 0 Å². The van der Waals surface area contributed by atoms with E-state index in [1.165, 1.54) is 6.07 Å². The highest BCUT2D eigenvalue weighted by Crippen LogP contribution is 2.46. The quantitative estimate of drug-likeness (QED) is 0.396. The number of ether oxygens (including phenoxy) is 1. The second-order valence-corrected chi connectivity index (χ2v) is 9.51. The van der Waals surface area contributed by atoms with E-state index in [2.05, 4.69) is 10.2 Å². The zero-order valence-electron chi connectivity index (χ0n) is 20.0. The molecule has 0 aliphatic carbocycles. The highest BCUT2D eigenvalue weighted by Gasteiger charge is 2.32. The molecule has 8 nitrogen and oxygen atoms in total. The van der Waals surface area contributed by atoms with E-state index < -0.39 is 17.2 Å². The molecule has 35 heavy (non-hydrogen) atoms. The Bertz CT molecular complexity index is 1350. The SMILES string of the molecule is CN(C)CCCCNC(=O)c1cn2c3c(c(N4CCC(N)C4)c(F)cc3c1=O)Oc1ccccc1-2. The van der Waals surface area contributed by atoms with Crippen LogP contribution in [-0.4, -0.2) is 61.7 Å². The van der Waals surface area contributed by atoms with E-state index in [1.807, 2.05) is 37.2 Å². The minimum atomic E-state index is -0.564. The molecule has 1 saturated heterocycles. The lowest BCUT2D eigenvalue weighted by molar-refractivity contribution is 0.0951. The number of hydrogen-bond donors (Lipinski definition) is 2. The van der Waals surface area contributed by atoms with Gasteiger partial charge < -0.3 is 30.2 Å². The molecule has 1 aromatic heterocycles. The number of pyridine rings is 1. The number of rotatable bonds is 7. The molecule has 0 saturated carbocycles. The summed E-state index contributed by atoms with van der Waals surface area (Å²) in [5.41, 5.74) is 6.97. The molecule has 2 aliphatic heterocycles. The highest BCUT2D eigenvalue weighted by molar-refractivity contribution is 6.01. The lowest BCUT2D eigenvalue weighted by Gasteiger charge is -2.29. The molecule has 0 radical (unpaired) electrons. The van der Waals surface area contributed by atoms with Crippen LogP contribution in [0.3, 0.4) is 0 Å². The van der Waals surface area contributed by atoms with Crippen molar-refractivity contribution >= 4 is 22.5 Å². The Labute approximate surface area is 203 Å². The van der Waals surface area contributed by atoms with Crippen LogP contribution in [0, 0.1) is 5.82 Å². The molecule has 0 spiro atoms. The summed E-state index contributed by atoms with van der Waals surface area (Å²) in [7, 11) is 4.00. The van der Waals surface area contributed by atoms with Crippen LogP contribution in [0.15, 0.2) is 41.3 Å². The monoisotopic (exact) mass is 479 g/mol. The van der Waals surface area contributed by atoms with Crippen molar-refractivity contribution in [2.24, 2.45) is 5.73 Å². The fourth-order valence-corrected chi connectivity index (χ4v) is 4.85. The molecule has 3 aromatic rings. The van der Waals surface area contributed by atoms with Gasteiger partial charge in [0.2, 0.25) is 5.43 Å². The van der Waals surface area contributed by atoms with Gasteiger partial charge in [-0.2, -0.15) is 0 Å². The van der Waals surface area contributed by atoms with E-state index in [4.69, 9.17) is 10.5 Å². The van der Waals surface area contributed by atoms with Gasteiger partial charge in [0, 0.05) is 31.9 Å². The van der Waals surface area contributed by atoms with Crippen molar-refractivity contribution in [1.29, 1.82) is 0 Å². The number of amides is 1. The molecule has 9 heteroatoms. The number of benzene rings is 2. The molecule has 3 heterocycles. The minimum Gasteiger partial charge on any atom is -0.451 e. The third-order valence-corrected chi connectivity index (χ3v) is 6.61. The van der Waals surface area contributed by atoms with E-state index in [0.29, 0.717) is 42.3 Å². The number of fused-ring (bicyclic) bond motifs is 2. The fraction of sp³-hybridized carbons (Fsp3) is 0.385. The van der Waals surface area contributed by atoms with Gasteiger partial charge >= 0.3 is 0 Å². The standard InChI is InChI=1S/C26H30FN5O3/c1-30(2)11-6-5-10-29-26(34)18-15-32-20-7-3-4-8-21(20)35-25-22(32)17(24(18)33)13-19(27)23(25)31-12-9-16(28)14-31/h3-4,7-8,13,15-16H,5-6,9-12,14,28H2,1-2H3,(H,29,34). The van der Waals surface area contributed by atoms with Gasteiger partial charge in [0.25, 0.3) is 5.91 Å². The number of nitrogens with two attached hydrogens (primary N) is 1. The maximum atomic E-state index is 15.5. The van der Waals surface area contributed by atoms with Crippen molar-refractivity contribution in [3.8, 4) is 17.2 Å². The molecule has 1 amide bonds. The molecule has 1 atom stereocenters. The summed E-state index contributed by atoms with van der Waals surface area (Å²) in [4.78, 5) is 30.4. The molecule has 1 unspecified atom stereocenters. The summed E-state index contributed by atoms with van der Waals surface area (Å²) in [6, 6.07) is 8.49. The maximum absolute atomic E-state index is 15.5. The molecule has 184 valence electrons. The first-order valence-corrected chi connectivity index (χ1v) is 12.0. The van der Waals surface area contributed by atoms with Crippen LogP contribution in [0.25, 0.3) is 16.6 Å². The number of para-hydroxylation sites is 2. The maximum Gasteiger partial charge on any atom is 0.256 e. The van der Waals surface area contributed by atoms with Gasteiger partial charge in [0.15, 0.2) is 17.3 Å². The molecule has 1 fully saturated rings. The minimum absolute atomic E-state index is 0.0249. The third kappa shape index (κ3) is 4.26. The zero-order chi connectivity index (χ0) is 24.7. The summed E-state index contributed by atoms with van der Waals surface area (Å²) < 4.78 is 23.5. The number of nitrogens with one attached hydrogen (secondary N) is 1. The largest absolute Gasteiger partial charge is 0.451 e. The summed E-state index contributed by atoms with van der Waals surface area (Å²) in [5.74, 6) is -0.229. The van der Waals surface area contributed by atoms with Crippen molar-refractivity contribution in [3.63, 3.8) is 0 Å². The average Bonchev–Trinajstić information content (AvgIpc) is 3.25. The van der Waals surface area contributed by atoms with Crippen molar-refractivity contribution in [3.05, 3.63) is 58.1 Å². The number of anilines is 1. The van der Waals surface area contributed by atoms with Gasteiger partial charge in [0.1, 0.15) is 16.8 Å². The van der Waals surface area contributed by atoms with E-state index in [1.54, 1.807) is 16.8 Å². The Balaban J connectivity index is 1.60. The third-order valence-electron chi connectivity index (χ3n) is 6.61. The lowest BCUT2D eigenvalue weighted by atomic mass is 10.1. The van der Waals surface area contributed by atoms with Gasteiger partial charge in [-0.1, -0.05) is 12.1 Å². The van der Waals surface area contributed by atoms with E-state index in [9.17, 15) is 9.59 Å². The normalized spacial score (nSPS) is 16.5. The number of halogens is 1. The Kier molecular flexibility index (Phi) is 6.21. The lowest BCUT2D eigenvalue weighted by Crippen LogP contribution is -2.32. The average molecular weight is 480 g/mol. The van der Waals surface area contributed by atoms with Crippen molar-refractivity contribution < 1.29 is 13.9 Å². The van der Waals surface area contributed by atoms with Crippen LogP contribution in [0.1, 0.15) is 29.6 Å². The topological polar surface area (TPSA) is 92.8 Å². The van der Waals surface area contributed by atoms with Crippen LogP contribution in [0.4, 0.5) is 10.1 Å². The first kappa shape index (κ1) is 23.3. The molecule has 5 rings (SSSR count). The highest BCUT2D eigenvalue weighted by atomic mass is 19.1. The van der Waals surface area contributed by atoms with Crippen molar-refractivity contribution in [2.75, 3.05) is 45.2 Å². The first-order chi connectivity index (χ1) is 16.8. The molecule has 2 aliphatic rings. The van der Waals surface area contributed by atoms with Crippen LogP contribution in [0.2, 0.25) is 0 Å². The smallest absolute Gasteiger partial charge is 0.256 e. The number of nitrogens with zero attached hydrogens (tertiary/aromatic N) is 3. The van der Waals surface area contributed by atoms with Crippen LogP contribution in [0.5, 0.6) is 11.5 Å². The number of unbranched alkanes of at least 4 members (excludes halogenated alkanes) is 1. The van der Waals surface area contributed by atoms with E-state index in [-0.39, 0.29) is 22.7 Å². The molecular weight excluding hydrogens is 449 g/mol. The summed E-state index contributed by atoms with van der Waals surface area (Å²) in [5, 5.41) is 2.95. The Hall–Kier alpha value is -3.43. The Morgan fingerprint density at radius 2 is 2.09 bits per heavy atom. The summed E-state index contributed by atoms with van der Waals surface area (Å²) in [6.07, 6.45) is 4.01.